The third-order valence-corrected chi connectivity index (χ3v) is 3.78. The number of Topliss-reactive ketones (excluding diaryl/α,β-unsaturated/α-hetero) is 1. The van der Waals surface area contributed by atoms with Crippen LogP contribution in [-0.2, 0) is 9.53 Å². The van der Waals surface area contributed by atoms with Crippen LogP contribution in [-0.4, -0.2) is 24.5 Å². The van der Waals surface area contributed by atoms with Crippen molar-refractivity contribution in [1.29, 1.82) is 0 Å². The minimum atomic E-state index is -0.757. The van der Waals surface area contributed by atoms with Crippen molar-refractivity contribution in [1.82, 2.24) is 0 Å². The zero-order valence-electron chi connectivity index (χ0n) is 14.2. The monoisotopic (exact) mass is 342 g/mol. The van der Waals surface area contributed by atoms with Crippen LogP contribution in [0, 0.1) is 6.92 Å². The molecule has 25 heavy (non-hydrogen) atoms. The molecule has 1 atom stereocenters. The van der Waals surface area contributed by atoms with Crippen LogP contribution in [0.15, 0.2) is 40.7 Å². The van der Waals surface area contributed by atoms with Crippen molar-refractivity contribution in [3.8, 4) is 11.5 Å². The van der Waals surface area contributed by atoms with Crippen molar-refractivity contribution >= 4 is 17.8 Å². The number of allylic oxidation sites excluding steroid dienone is 1. The predicted molar refractivity (Wildman–Crippen MR) is 89.5 cm³/mol. The highest BCUT2D eigenvalue weighted by Gasteiger charge is 2.31. The van der Waals surface area contributed by atoms with E-state index in [1.807, 2.05) is 0 Å². The summed E-state index contributed by atoms with van der Waals surface area (Å²) in [6, 6.07) is 6.74. The molecule has 1 aromatic carbocycles. The van der Waals surface area contributed by atoms with Crippen molar-refractivity contribution in [2.75, 3.05) is 6.61 Å². The molecule has 1 unspecified atom stereocenters. The molecule has 0 saturated heterocycles. The highest BCUT2D eigenvalue weighted by Crippen LogP contribution is 2.39. The number of hydrogen-bond acceptors (Lipinski definition) is 6. The van der Waals surface area contributed by atoms with Gasteiger partial charge in [-0.3, -0.25) is 4.79 Å². The average molecular weight is 342 g/mol. The molecule has 0 radical (unpaired) electrons. The number of fused-ring (bicyclic) bond motifs is 1. The van der Waals surface area contributed by atoms with Gasteiger partial charge in [-0.1, -0.05) is 0 Å². The smallest absolute Gasteiger partial charge is 0.347 e. The molecule has 0 N–H and O–H groups in total. The van der Waals surface area contributed by atoms with E-state index >= 15 is 0 Å². The van der Waals surface area contributed by atoms with Crippen LogP contribution < -0.4 is 9.47 Å². The van der Waals surface area contributed by atoms with Gasteiger partial charge in [0.05, 0.1) is 18.4 Å². The fraction of sp³-hybridized carbons (Fsp3) is 0.263. The average Bonchev–Trinajstić information content (AvgIpc) is 3.20. The van der Waals surface area contributed by atoms with E-state index < -0.39 is 12.1 Å². The van der Waals surface area contributed by atoms with Gasteiger partial charge < -0.3 is 18.6 Å². The zero-order chi connectivity index (χ0) is 18.0. The normalized spacial score (nSPS) is 15.6. The summed E-state index contributed by atoms with van der Waals surface area (Å²) >= 11 is 0. The molecule has 1 aliphatic heterocycles. The van der Waals surface area contributed by atoms with E-state index in [1.165, 1.54) is 6.26 Å². The number of esters is 1. The van der Waals surface area contributed by atoms with Gasteiger partial charge in [-0.15, -0.1) is 0 Å². The molecule has 0 amide bonds. The standard InChI is InChI=1S/C19H18O6/c1-4-22-19(21)12(3)24-15-8-7-14-17(20)16(25-18(14)11(15)2)10-13-6-5-9-23-13/h5-10,12H,4H2,1-3H3/b16-10-. The molecule has 0 fully saturated rings. The first-order chi connectivity index (χ1) is 12.0. The maximum Gasteiger partial charge on any atom is 0.347 e. The highest BCUT2D eigenvalue weighted by molar-refractivity contribution is 6.14. The van der Waals surface area contributed by atoms with Crippen LogP contribution in [0.2, 0.25) is 0 Å². The lowest BCUT2D eigenvalue weighted by atomic mass is 10.1. The summed E-state index contributed by atoms with van der Waals surface area (Å²) in [5.41, 5.74) is 1.09. The summed E-state index contributed by atoms with van der Waals surface area (Å²) in [5.74, 6) is 0.935. The topological polar surface area (TPSA) is 75.0 Å². The number of rotatable bonds is 5. The van der Waals surface area contributed by atoms with Crippen molar-refractivity contribution in [3.63, 3.8) is 0 Å². The van der Waals surface area contributed by atoms with E-state index in [9.17, 15) is 9.59 Å². The summed E-state index contributed by atoms with van der Waals surface area (Å²) in [5, 5.41) is 0. The van der Waals surface area contributed by atoms with Gasteiger partial charge in [-0.05, 0) is 45.0 Å². The Morgan fingerprint density at radius 3 is 2.80 bits per heavy atom. The second kappa shape index (κ2) is 6.84. The predicted octanol–water partition coefficient (Wildman–Crippen LogP) is 3.53. The first kappa shape index (κ1) is 16.8. The van der Waals surface area contributed by atoms with E-state index in [0.29, 0.717) is 28.4 Å². The molecule has 130 valence electrons. The quantitative estimate of drug-likeness (QED) is 0.611. The van der Waals surface area contributed by atoms with Crippen LogP contribution in [0.4, 0.5) is 0 Å². The van der Waals surface area contributed by atoms with Gasteiger partial charge in [-0.2, -0.15) is 0 Å². The van der Waals surface area contributed by atoms with Gasteiger partial charge in [0.2, 0.25) is 5.78 Å². The molecule has 0 saturated carbocycles. The maximum absolute atomic E-state index is 12.5. The van der Waals surface area contributed by atoms with Crippen LogP contribution >= 0.6 is 0 Å². The van der Waals surface area contributed by atoms with E-state index in [0.717, 1.165) is 0 Å². The van der Waals surface area contributed by atoms with Gasteiger partial charge in [-0.25, -0.2) is 4.79 Å². The number of benzene rings is 1. The molecule has 3 rings (SSSR count). The lowest BCUT2D eigenvalue weighted by Crippen LogP contribution is -2.26. The molecule has 6 heteroatoms. The molecule has 2 heterocycles. The Morgan fingerprint density at radius 2 is 2.12 bits per heavy atom. The first-order valence-electron chi connectivity index (χ1n) is 7.96. The minimum Gasteiger partial charge on any atom is -0.479 e. The van der Waals surface area contributed by atoms with Gasteiger partial charge in [0.25, 0.3) is 0 Å². The number of carbonyl (C=O) groups excluding carboxylic acids is 2. The Kier molecular flexibility index (Phi) is 4.61. The molecule has 0 bridgehead atoms. The number of ketones is 1. The second-order valence-corrected chi connectivity index (χ2v) is 5.53. The lowest BCUT2D eigenvalue weighted by molar-refractivity contribution is -0.150. The molecule has 1 aromatic heterocycles. The first-order valence-corrected chi connectivity index (χ1v) is 7.96. The van der Waals surface area contributed by atoms with Gasteiger partial charge >= 0.3 is 5.97 Å². The van der Waals surface area contributed by atoms with E-state index in [-0.39, 0.29) is 18.1 Å². The molecule has 0 aliphatic carbocycles. The van der Waals surface area contributed by atoms with Gasteiger partial charge in [0, 0.05) is 11.6 Å². The molecule has 2 aromatic rings. The third-order valence-electron chi connectivity index (χ3n) is 3.78. The van der Waals surface area contributed by atoms with Crippen LogP contribution in [0.1, 0.15) is 35.5 Å². The fourth-order valence-corrected chi connectivity index (χ4v) is 2.50. The number of furan rings is 1. The number of ether oxygens (including phenoxy) is 3. The Labute approximate surface area is 145 Å². The van der Waals surface area contributed by atoms with E-state index in [2.05, 4.69) is 0 Å². The Hall–Kier alpha value is -3.02. The second-order valence-electron chi connectivity index (χ2n) is 5.53. The van der Waals surface area contributed by atoms with Crippen LogP contribution in [0.25, 0.3) is 6.08 Å². The summed E-state index contributed by atoms with van der Waals surface area (Å²) in [7, 11) is 0. The largest absolute Gasteiger partial charge is 0.479 e. The lowest BCUT2D eigenvalue weighted by Gasteiger charge is -2.16. The number of carbonyl (C=O) groups is 2. The highest BCUT2D eigenvalue weighted by atomic mass is 16.6. The van der Waals surface area contributed by atoms with Gasteiger partial charge in [0.15, 0.2) is 11.9 Å². The molecular formula is C19H18O6. The van der Waals surface area contributed by atoms with Crippen LogP contribution in [0.5, 0.6) is 11.5 Å². The molecule has 0 spiro atoms. The Balaban J connectivity index is 1.85. The van der Waals surface area contributed by atoms with Crippen molar-refractivity contribution < 1.29 is 28.2 Å². The van der Waals surface area contributed by atoms with Crippen molar-refractivity contribution in [2.45, 2.75) is 26.9 Å². The summed E-state index contributed by atoms with van der Waals surface area (Å²) in [6.45, 7) is 5.40. The van der Waals surface area contributed by atoms with Crippen molar-refractivity contribution in [2.24, 2.45) is 0 Å². The molecular weight excluding hydrogens is 324 g/mol. The minimum absolute atomic E-state index is 0.184. The maximum atomic E-state index is 12.5. The van der Waals surface area contributed by atoms with Crippen molar-refractivity contribution in [3.05, 3.63) is 53.2 Å². The SMILES string of the molecule is CCOC(=O)C(C)Oc1ccc2c(c1C)O/C(=C\c1ccco1)C2=O. The summed E-state index contributed by atoms with van der Waals surface area (Å²) in [6.07, 6.45) is 2.31. The summed E-state index contributed by atoms with van der Waals surface area (Å²) in [4.78, 5) is 24.2. The summed E-state index contributed by atoms with van der Waals surface area (Å²) < 4.78 is 21.5. The van der Waals surface area contributed by atoms with Gasteiger partial charge in [0.1, 0.15) is 17.3 Å². The van der Waals surface area contributed by atoms with E-state index in [1.54, 1.807) is 51.1 Å². The Bertz CT molecular complexity index is 832. The number of hydrogen-bond donors (Lipinski definition) is 0. The fourth-order valence-electron chi connectivity index (χ4n) is 2.50. The van der Waals surface area contributed by atoms with Crippen LogP contribution in [0.3, 0.4) is 0 Å². The Morgan fingerprint density at radius 1 is 1.32 bits per heavy atom. The molecule has 1 aliphatic rings. The van der Waals surface area contributed by atoms with E-state index in [4.69, 9.17) is 18.6 Å². The molecule has 6 nitrogen and oxygen atoms in total. The third kappa shape index (κ3) is 3.28. The zero-order valence-corrected chi connectivity index (χ0v) is 14.2.